The zero-order chi connectivity index (χ0) is 14.2. The first-order chi connectivity index (χ1) is 8.95. The van der Waals surface area contributed by atoms with E-state index in [1.165, 1.54) is 12.0 Å². The number of carbonyl (C=O) groups excluding carboxylic acids is 2. The SMILES string of the molecule is COc1ccc(Br)cc1N1C(=O)C(C)NC(=O)C1C. The average Bonchev–Trinajstić information content (AvgIpc) is 2.37. The molecule has 1 aromatic rings. The molecule has 6 heteroatoms. The van der Waals surface area contributed by atoms with Crippen LogP contribution >= 0.6 is 15.9 Å². The lowest BCUT2D eigenvalue weighted by Gasteiger charge is -2.36. The monoisotopic (exact) mass is 326 g/mol. The Morgan fingerprint density at radius 2 is 2.00 bits per heavy atom. The molecule has 2 unspecified atom stereocenters. The Morgan fingerprint density at radius 3 is 2.63 bits per heavy atom. The van der Waals surface area contributed by atoms with Gasteiger partial charge < -0.3 is 10.1 Å². The highest BCUT2D eigenvalue weighted by molar-refractivity contribution is 9.10. The van der Waals surface area contributed by atoms with Gasteiger partial charge in [-0.25, -0.2) is 0 Å². The molecule has 1 heterocycles. The van der Waals surface area contributed by atoms with Crippen molar-refractivity contribution in [2.45, 2.75) is 25.9 Å². The van der Waals surface area contributed by atoms with Crippen molar-refractivity contribution in [1.29, 1.82) is 0 Å². The van der Waals surface area contributed by atoms with Crippen molar-refractivity contribution in [2.75, 3.05) is 12.0 Å². The Kier molecular flexibility index (Phi) is 3.80. The zero-order valence-corrected chi connectivity index (χ0v) is 12.5. The van der Waals surface area contributed by atoms with E-state index in [4.69, 9.17) is 4.74 Å². The first-order valence-electron chi connectivity index (χ1n) is 5.92. The largest absolute Gasteiger partial charge is 0.495 e. The highest BCUT2D eigenvalue weighted by Crippen LogP contribution is 2.34. The fraction of sp³-hybridized carbons (Fsp3) is 0.385. The number of anilines is 1. The topological polar surface area (TPSA) is 58.6 Å². The molecule has 2 atom stereocenters. The van der Waals surface area contributed by atoms with Crippen LogP contribution in [0.4, 0.5) is 5.69 Å². The van der Waals surface area contributed by atoms with Gasteiger partial charge in [0.1, 0.15) is 17.8 Å². The number of carbonyl (C=O) groups is 2. The lowest BCUT2D eigenvalue weighted by molar-refractivity contribution is -0.133. The quantitative estimate of drug-likeness (QED) is 0.899. The minimum absolute atomic E-state index is 0.150. The molecule has 1 N–H and O–H groups in total. The minimum Gasteiger partial charge on any atom is -0.495 e. The molecule has 19 heavy (non-hydrogen) atoms. The highest BCUT2D eigenvalue weighted by atomic mass is 79.9. The van der Waals surface area contributed by atoms with Gasteiger partial charge in [-0.15, -0.1) is 0 Å². The Bertz CT molecular complexity index is 533. The Hall–Kier alpha value is -1.56. The minimum atomic E-state index is -0.563. The molecule has 0 spiro atoms. The predicted molar refractivity (Wildman–Crippen MR) is 75.2 cm³/mol. The standard InChI is InChI=1S/C13H15BrN2O3/c1-7-13(18)16(8(2)12(17)15-7)10-6-9(14)4-5-11(10)19-3/h4-8H,1-3H3,(H,15,17). The van der Waals surface area contributed by atoms with Crippen LogP contribution in [0.2, 0.25) is 0 Å². The number of nitrogens with one attached hydrogen (secondary N) is 1. The zero-order valence-electron chi connectivity index (χ0n) is 10.9. The summed E-state index contributed by atoms with van der Waals surface area (Å²) in [5, 5.41) is 2.65. The Balaban J connectivity index is 2.51. The van der Waals surface area contributed by atoms with E-state index in [0.717, 1.165) is 4.47 Å². The molecule has 102 valence electrons. The number of amides is 2. The number of ether oxygens (including phenoxy) is 1. The summed E-state index contributed by atoms with van der Waals surface area (Å²) in [7, 11) is 1.54. The first kappa shape index (κ1) is 13.9. The molecule has 1 aromatic carbocycles. The summed E-state index contributed by atoms with van der Waals surface area (Å²) >= 11 is 3.37. The lowest BCUT2D eigenvalue weighted by atomic mass is 10.1. The number of rotatable bonds is 2. The van der Waals surface area contributed by atoms with E-state index in [1.807, 2.05) is 6.07 Å². The third-order valence-corrected chi connectivity index (χ3v) is 3.63. The predicted octanol–water partition coefficient (Wildman–Crippen LogP) is 1.70. The number of hydrogen-bond acceptors (Lipinski definition) is 3. The average molecular weight is 327 g/mol. The van der Waals surface area contributed by atoms with Crippen LogP contribution in [0.15, 0.2) is 22.7 Å². The molecule has 0 aromatic heterocycles. The van der Waals surface area contributed by atoms with E-state index in [2.05, 4.69) is 21.2 Å². The molecule has 5 nitrogen and oxygen atoms in total. The van der Waals surface area contributed by atoms with Crippen molar-refractivity contribution in [1.82, 2.24) is 5.32 Å². The van der Waals surface area contributed by atoms with Gasteiger partial charge >= 0.3 is 0 Å². The summed E-state index contributed by atoms with van der Waals surface area (Å²) in [5.41, 5.74) is 0.594. The van der Waals surface area contributed by atoms with Crippen LogP contribution in [0.3, 0.4) is 0 Å². The molecule has 0 bridgehead atoms. The molecule has 0 aliphatic carbocycles. The number of methoxy groups -OCH3 is 1. The summed E-state index contributed by atoms with van der Waals surface area (Å²) < 4.78 is 6.10. The molecular weight excluding hydrogens is 312 g/mol. The molecular formula is C13H15BrN2O3. The summed E-state index contributed by atoms with van der Waals surface area (Å²) in [4.78, 5) is 25.6. The van der Waals surface area contributed by atoms with Gasteiger partial charge in [0, 0.05) is 4.47 Å². The molecule has 0 radical (unpaired) electrons. The second-order valence-electron chi connectivity index (χ2n) is 4.43. The van der Waals surface area contributed by atoms with E-state index < -0.39 is 12.1 Å². The lowest BCUT2D eigenvalue weighted by Crippen LogP contribution is -2.61. The number of nitrogens with zero attached hydrogens (tertiary/aromatic N) is 1. The maximum absolute atomic E-state index is 12.3. The van der Waals surface area contributed by atoms with Crippen LogP contribution in [0.1, 0.15) is 13.8 Å². The third kappa shape index (κ3) is 2.45. The van der Waals surface area contributed by atoms with Crippen molar-refractivity contribution >= 4 is 33.4 Å². The molecule has 1 aliphatic heterocycles. The normalized spacial score (nSPS) is 23.3. The van der Waals surface area contributed by atoms with Gasteiger partial charge in [-0.1, -0.05) is 15.9 Å². The van der Waals surface area contributed by atoms with Crippen molar-refractivity contribution in [3.63, 3.8) is 0 Å². The van der Waals surface area contributed by atoms with Crippen LogP contribution in [-0.4, -0.2) is 31.0 Å². The molecule has 2 amide bonds. The van der Waals surface area contributed by atoms with E-state index in [1.54, 1.807) is 26.0 Å². The van der Waals surface area contributed by atoms with Gasteiger partial charge in [0.05, 0.1) is 12.8 Å². The second kappa shape index (κ2) is 5.21. The summed E-state index contributed by atoms with van der Waals surface area (Å²) in [6, 6.07) is 4.26. The Morgan fingerprint density at radius 1 is 1.32 bits per heavy atom. The van der Waals surface area contributed by atoms with Crippen molar-refractivity contribution in [3.05, 3.63) is 22.7 Å². The highest BCUT2D eigenvalue weighted by Gasteiger charge is 2.37. The van der Waals surface area contributed by atoms with Crippen LogP contribution in [-0.2, 0) is 9.59 Å². The van der Waals surface area contributed by atoms with Crippen molar-refractivity contribution < 1.29 is 14.3 Å². The van der Waals surface area contributed by atoms with Gasteiger partial charge in [0.25, 0.3) is 0 Å². The maximum Gasteiger partial charge on any atom is 0.250 e. The molecule has 1 saturated heterocycles. The van der Waals surface area contributed by atoms with Gasteiger partial charge in [0.2, 0.25) is 11.8 Å². The van der Waals surface area contributed by atoms with Crippen LogP contribution in [0, 0.1) is 0 Å². The molecule has 0 saturated carbocycles. The Labute approximate surface area is 120 Å². The van der Waals surface area contributed by atoms with Crippen molar-refractivity contribution in [2.24, 2.45) is 0 Å². The fourth-order valence-electron chi connectivity index (χ4n) is 2.09. The van der Waals surface area contributed by atoms with Gasteiger partial charge in [-0.3, -0.25) is 14.5 Å². The van der Waals surface area contributed by atoms with Gasteiger partial charge in [-0.2, -0.15) is 0 Å². The number of halogens is 1. The molecule has 2 rings (SSSR count). The molecule has 1 aliphatic rings. The van der Waals surface area contributed by atoms with Crippen molar-refractivity contribution in [3.8, 4) is 5.75 Å². The van der Waals surface area contributed by atoms with Crippen LogP contribution in [0.25, 0.3) is 0 Å². The van der Waals surface area contributed by atoms with E-state index in [9.17, 15) is 9.59 Å². The fourth-order valence-corrected chi connectivity index (χ4v) is 2.44. The number of piperazine rings is 1. The number of hydrogen-bond donors (Lipinski definition) is 1. The summed E-state index contributed by atoms with van der Waals surface area (Å²) in [6.07, 6.45) is 0. The summed E-state index contributed by atoms with van der Waals surface area (Å²) in [5.74, 6) is 0.239. The van der Waals surface area contributed by atoms with Crippen LogP contribution < -0.4 is 15.0 Å². The van der Waals surface area contributed by atoms with Gasteiger partial charge in [-0.05, 0) is 32.0 Å². The van der Waals surface area contributed by atoms with E-state index >= 15 is 0 Å². The second-order valence-corrected chi connectivity index (χ2v) is 5.35. The summed E-state index contributed by atoms with van der Waals surface area (Å²) in [6.45, 7) is 3.36. The third-order valence-electron chi connectivity index (χ3n) is 3.13. The van der Waals surface area contributed by atoms with Gasteiger partial charge in [0.15, 0.2) is 0 Å². The van der Waals surface area contributed by atoms with E-state index in [0.29, 0.717) is 11.4 Å². The van der Waals surface area contributed by atoms with Crippen LogP contribution in [0.5, 0.6) is 5.75 Å². The first-order valence-corrected chi connectivity index (χ1v) is 6.72. The van der Waals surface area contributed by atoms with E-state index in [-0.39, 0.29) is 11.8 Å². The maximum atomic E-state index is 12.3. The molecule has 1 fully saturated rings. The number of benzene rings is 1. The smallest absolute Gasteiger partial charge is 0.250 e.